The molecule has 0 aliphatic carbocycles. The summed E-state index contributed by atoms with van der Waals surface area (Å²) in [7, 11) is -4.01. The Labute approximate surface area is 187 Å². The minimum Gasteiger partial charge on any atom is -0.379 e. The molecular weight excluding hydrogens is 424 g/mol. The van der Waals surface area contributed by atoms with Gasteiger partial charge in [0.05, 0.1) is 0 Å². The zero-order chi connectivity index (χ0) is 23.3. The summed E-state index contributed by atoms with van der Waals surface area (Å²) >= 11 is 0. The van der Waals surface area contributed by atoms with Gasteiger partial charge in [-0.2, -0.15) is 13.7 Å². The van der Waals surface area contributed by atoms with Crippen LogP contribution in [0.5, 0.6) is 5.75 Å². The van der Waals surface area contributed by atoms with Gasteiger partial charge in [0.25, 0.3) is 5.91 Å². The molecule has 3 rings (SSSR count). The van der Waals surface area contributed by atoms with Crippen molar-refractivity contribution in [2.75, 3.05) is 5.32 Å². The molecule has 0 spiro atoms. The van der Waals surface area contributed by atoms with Gasteiger partial charge in [0.1, 0.15) is 22.3 Å². The van der Waals surface area contributed by atoms with Crippen molar-refractivity contribution < 1.29 is 17.4 Å². The molecule has 0 radical (unpaired) electrons. The zero-order valence-electron chi connectivity index (χ0n) is 17.9. The number of amides is 1. The molecule has 7 heteroatoms. The Morgan fingerprint density at radius 2 is 1.66 bits per heavy atom. The maximum absolute atomic E-state index is 12.6. The van der Waals surface area contributed by atoms with Crippen LogP contribution in [0.3, 0.4) is 0 Å². The van der Waals surface area contributed by atoms with Crippen LogP contribution in [-0.4, -0.2) is 14.3 Å². The van der Waals surface area contributed by atoms with Crippen LogP contribution in [0.25, 0.3) is 6.08 Å². The van der Waals surface area contributed by atoms with Gasteiger partial charge in [0.15, 0.2) is 0 Å². The normalized spacial score (nSPS) is 11.5. The lowest BCUT2D eigenvalue weighted by Crippen LogP contribution is -2.14. The first-order valence-corrected chi connectivity index (χ1v) is 11.2. The number of aryl methyl sites for hydroxylation is 3. The van der Waals surface area contributed by atoms with Gasteiger partial charge in [0.2, 0.25) is 0 Å². The first-order valence-electron chi connectivity index (χ1n) is 9.79. The second kappa shape index (κ2) is 9.50. The van der Waals surface area contributed by atoms with E-state index < -0.39 is 16.0 Å². The smallest absolute Gasteiger partial charge is 0.339 e. The number of nitrogens with zero attached hydrogens (tertiary/aromatic N) is 1. The molecule has 0 fully saturated rings. The maximum Gasteiger partial charge on any atom is 0.339 e. The van der Waals surface area contributed by atoms with Gasteiger partial charge >= 0.3 is 10.1 Å². The topological polar surface area (TPSA) is 96.3 Å². The fourth-order valence-corrected chi connectivity index (χ4v) is 3.92. The summed E-state index contributed by atoms with van der Waals surface area (Å²) in [6, 6.07) is 20.0. The van der Waals surface area contributed by atoms with Gasteiger partial charge in [-0.05, 0) is 68.3 Å². The Morgan fingerprint density at radius 3 is 2.31 bits per heavy atom. The third kappa shape index (κ3) is 5.62. The van der Waals surface area contributed by atoms with Crippen molar-refractivity contribution in [3.63, 3.8) is 0 Å². The number of hydrogen-bond donors (Lipinski definition) is 1. The number of hydrogen-bond acceptors (Lipinski definition) is 5. The third-order valence-corrected chi connectivity index (χ3v) is 5.94. The number of rotatable bonds is 6. The van der Waals surface area contributed by atoms with Crippen LogP contribution in [0.1, 0.15) is 22.3 Å². The van der Waals surface area contributed by atoms with Crippen LogP contribution in [0.2, 0.25) is 0 Å². The first kappa shape index (κ1) is 22.8. The lowest BCUT2D eigenvalue weighted by atomic mass is 10.1. The van der Waals surface area contributed by atoms with E-state index in [4.69, 9.17) is 4.18 Å². The van der Waals surface area contributed by atoms with E-state index in [2.05, 4.69) is 5.32 Å². The van der Waals surface area contributed by atoms with Gasteiger partial charge in [-0.1, -0.05) is 47.5 Å². The molecule has 0 heterocycles. The van der Waals surface area contributed by atoms with Crippen molar-refractivity contribution in [1.82, 2.24) is 0 Å². The molecule has 0 atom stereocenters. The van der Waals surface area contributed by atoms with Gasteiger partial charge in [-0.15, -0.1) is 0 Å². The fourth-order valence-electron chi connectivity index (χ4n) is 2.99. The molecule has 0 saturated carbocycles. The Morgan fingerprint density at radius 1 is 0.969 bits per heavy atom. The van der Waals surface area contributed by atoms with Crippen LogP contribution < -0.4 is 9.50 Å². The van der Waals surface area contributed by atoms with Crippen LogP contribution >= 0.6 is 0 Å². The second-order valence-corrected chi connectivity index (χ2v) is 8.91. The summed E-state index contributed by atoms with van der Waals surface area (Å²) in [4.78, 5) is 12.6. The average molecular weight is 447 g/mol. The highest BCUT2D eigenvalue weighted by Gasteiger charge is 2.17. The highest BCUT2D eigenvalue weighted by molar-refractivity contribution is 7.87. The van der Waals surface area contributed by atoms with Crippen molar-refractivity contribution in [3.8, 4) is 11.8 Å². The minimum atomic E-state index is -4.01. The van der Waals surface area contributed by atoms with Gasteiger partial charge in [0, 0.05) is 5.69 Å². The molecule has 0 saturated heterocycles. The number of nitriles is 1. The molecule has 1 N–H and O–H groups in total. The molecule has 1 amide bonds. The molecule has 0 aliphatic rings. The minimum absolute atomic E-state index is 0.0367. The Kier molecular flexibility index (Phi) is 6.76. The summed E-state index contributed by atoms with van der Waals surface area (Å²) in [6.45, 7) is 5.68. The summed E-state index contributed by atoms with van der Waals surface area (Å²) in [6.07, 6.45) is 1.38. The highest BCUT2D eigenvalue weighted by Crippen LogP contribution is 2.22. The second-order valence-electron chi connectivity index (χ2n) is 7.37. The summed E-state index contributed by atoms with van der Waals surface area (Å²) in [5, 5.41) is 12.2. The van der Waals surface area contributed by atoms with Crippen LogP contribution in [0.4, 0.5) is 5.69 Å². The Hall–Kier alpha value is -3.89. The zero-order valence-corrected chi connectivity index (χ0v) is 18.7. The molecule has 0 unspecified atom stereocenters. The highest BCUT2D eigenvalue weighted by atomic mass is 32.2. The molecule has 32 heavy (non-hydrogen) atoms. The van der Waals surface area contributed by atoms with E-state index in [1.54, 1.807) is 30.3 Å². The van der Waals surface area contributed by atoms with E-state index in [9.17, 15) is 18.5 Å². The lowest BCUT2D eigenvalue weighted by molar-refractivity contribution is -0.112. The predicted molar refractivity (Wildman–Crippen MR) is 124 cm³/mol. The first-order chi connectivity index (χ1) is 15.2. The largest absolute Gasteiger partial charge is 0.379 e. The molecular formula is C25H22N2O4S. The number of carbonyl (C=O) groups is 1. The molecule has 3 aromatic carbocycles. The number of carbonyl (C=O) groups excluding carboxylic acids is 1. The SMILES string of the molecule is Cc1ccc(S(=O)(=O)Oc2cccc(/C=C(/C#N)C(=O)Nc3ccc(C)cc3C)c2)cc1. The lowest BCUT2D eigenvalue weighted by Gasteiger charge is -2.09. The van der Waals surface area contributed by atoms with E-state index in [1.165, 1.54) is 30.3 Å². The molecule has 0 bridgehead atoms. The van der Waals surface area contributed by atoms with E-state index in [-0.39, 0.29) is 16.2 Å². The quantitative estimate of drug-likeness (QED) is 0.329. The Balaban J connectivity index is 1.81. The molecule has 0 aromatic heterocycles. The van der Waals surface area contributed by atoms with Crippen molar-refractivity contribution >= 4 is 27.8 Å². The van der Waals surface area contributed by atoms with E-state index >= 15 is 0 Å². The van der Waals surface area contributed by atoms with Gasteiger partial charge in [-0.25, -0.2) is 0 Å². The third-order valence-electron chi connectivity index (χ3n) is 4.68. The number of benzene rings is 3. The van der Waals surface area contributed by atoms with Crippen molar-refractivity contribution in [1.29, 1.82) is 5.26 Å². The summed E-state index contributed by atoms with van der Waals surface area (Å²) in [5.41, 5.74) is 3.82. The number of anilines is 1. The fraction of sp³-hybridized carbons (Fsp3) is 0.120. The van der Waals surface area contributed by atoms with E-state index in [0.717, 1.165) is 16.7 Å². The van der Waals surface area contributed by atoms with Crippen molar-refractivity contribution in [2.45, 2.75) is 25.7 Å². The van der Waals surface area contributed by atoms with E-state index in [0.29, 0.717) is 11.3 Å². The van der Waals surface area contributed by atoms with Crippen molar-refractivity contribution in [3.05, 3.63) is 94.6 Å². The van der Waals surface area contributed by atoms with Crippen LogP contribution in [0, 0.1) is 32.1 Å². The van der Waals surface area contributed by atoms with Crippen LogP contribution in [-0.2, 0) is 14.9 Å². The molecule has 0 aliphatic heterocycles. The number of nitrogens with one attached hydrogen (secondary N) is 1. The summed E-state index contributed by atoms with van der Waals surface area (Å²) < 4.78 is 30.3. The predicted octanol–water partition coefficient (Wildman–Crippen LogP) is 4.93. The average Bonchev–Trinajstić information content (AvgIpc) is 2.74. The maximum atomic E-state index is 12.6. The molecule has 3 aromatic rings. The standard InChI is InChI=1S/C25H22N2O4S/c1-17-7-10-23(11-8-17)32(29,30)31-22-6-4-5-20(15-22)14-21(16-26)25(28)27-24-12-9-18(2)13-19(24)3/h4-15H,1-3H3,(H,27,28)/b21-14-. The summed E-state index contributed by atoms with van der Waals surface area (Å²) in [5.74, 6) is -0.482. The van der Waals surface area contributed by atoms with E-state index in [1.807, 2.05) is 39.0 Å². The molecule has 6 nitrogen and oxygen atoms in total. The monoisotopic (exact) mass is 446 g/mol. The van der Waals surface area contributed by atoms with Crippen molar-refractivity contribution in [2.24, 2.45) is 0 Å². The molecule has 162 valence electrons. The van der Waals surface area contributed by atoms with Crippen LogP contribution in [0.15, 0.2) is 77.2 Å². The van der Waals surface area contributed by atoms with Gasteiger partial charge in [-0.3, -0.25) is 4.79 Å². The van der Waals surface area contributed by atoms with Gasteiger partial charge < -0.3 is 9.50 Å². The Bertz CT molecular complexity index is 1340.